The molecule has 12 heteroatoms. The third-order valence-corrected chi connectivity index (χ3v) is 13.5. The summed E-state index contributed by atoms with van der Waals surface area (Å²) in [7, 11) is 0. The normalized spacial score (nSPS) is 24.9. The maximum Gasteiger partial charge on any atom is 0.239 e. The highest BCUT2D eigenvalue weighted by Gasteiger charge is 2.32. The van der Waals surface area contributed by atoms with Crippen LogP contribution in [0.5, 0.6) is 0 Å². The molecule has 4 saturated heterocycles. The Bertz CT molecular complexity index is 1500. The smallest absolute Gasteiger partial charge is 0.239 e. The van der Waals surface area contributed by atoms with Crippen molar-refractivity contribution < 1.29 is 28.1 Å². The predicted molar refractivity (Wildman–Crippen MR) is 194 cm³/mol. The van der Waals surface area contributed by atoms with Gasteiger partial charge in [-0.05, 0) is 59.9 Å². The van der Waals surface area contributed by atoms with Crippen molar-refractivity contribution in [1.82, 2.24) is 0 Å². The van der Waals surface area contributed by atoms with Gasteiger partial charge in [0.15, 0.2) is 26.2 Å². The number of anilines is 2. The second kappa shape index (κ2) is 14.5. The molecule has 0 radical (unpaired) electrons. The number of rotatable bonds is 5. The Kier molecular flexibility index (Phi) is 9.83. The van der Waals surface area contributed by atoms with Crippen LogP contribution in [-0.2, 0) is 18.9 Å². The number of allylic oxidation sites excluding steroid dienone is 4. The lowest BCUT2D eigenvalue weighted by molar-refractivity contribution is -0.546. The van der Waals surface area contributed by atoms with Crippen LogP contribution in [0.4, 0.5) is 10.0 Å². The van der Waals surface area contributed by atoms with Gasteiger partial charge >= 0.3 is 0 Å². The molecule has 6 aliphatic heterocycles. The van der Waals surface area contributed by atoms with Crippen molar-refractivity contribution in [2.24, 2.45) is 0 Å². The van der Waals surface area contributed by atoms with E-state index in [0.29, 0.717) is 0 Å². The van der Waals surface area contributed by atoms with Gasteiger partial charge in [0.05, 0.1) is 36.4 Å². The van der Waals surface area contributed by atoms with Crippen molar-refractivity contribution in [2.45, 2.75) is 0 Å². The summed E-state index contributed by atoms with van der Waals surface area (Å²) >= 11 is 7.66. The first kappa shape index (κ1) is 31.1. The van der Waals surface area contributed by atoms with Gasteiger partial charge < -0.3 is 28.7 Å². The molecular weight excluding hydrogens is 657 g/mol. The molecule has 8 rings (SSSR count). The van der Waals surface area contributed by atoms with E-state index in [2.05, 4.69) is 67.5 Å². The molecule has 0 spiro atoms. The van der Waals surface area contributed by atoms with Gasteiger partial charge in [0.2, 0.25) is 10.1 Å². The Hall–Kier alpha value is -2.16. The predicted octanol–water partition coefficient (Wildman–Crippen LogP) is 5.09. The molecular formula is C34H40N4O4S4+2. The summed E-state index contributed by atoms with van der Waals surface area (Å²) in [4.78, 5) is 10.2. The van der Waals surface area contributed by atoms with E-state index < -0.39 is 0 Å². The van der Waals surface area contributed by atoms with E-state index in [9.17, 15) is 0 Å². The van der Waals surface area contributed by atoms with Crippen LogP contribution in [0.3, 0.4) is 0 Å². The average Bonchev–Trinajstić information content (AvgIpc) is 3.96. The molecule has 6 aliphatic rings. The Morgan fingerprint density at radius 3 is 1.30 bits per heavy atom. The number of morpholine rings is 4. The van der Waals surface area contributed by atoms with E-state index in [1.165, 1.54) is 50.8 Å². The fourth-order valence-electron chi connectivity index (χ4n) is 6.40. The molecule has 2 aromatic rings. The standard InChI is InChI=1S/C34H40N4O4S4/c1-5-29(35-9-17-39-18-10-35)43-25(1)33(26-2-6-30(44-26)36-11-19-40-20-12-36)34(27-3-7-31(45-27)37-13-21-41-22-14-37)28-4-8-32(46-28)38-15-23-42-24-16-38/h1-8H,9-24H2/q+2. The molecule has 0 saturated carbocycles. The van der Waals surface area contributed by atoms with Gasteiger partial charge in [-0.25, -0.2) is 9.15 Å². The topological polar surface area (TPSA) is 49.4 Å². The molecule has 0 aliphatic carbocycles. The SMILES string of the molecule is C1=C/C(=C(\C(=C2/C=CC(=[N+]3CCOCC3)S2)c2ccc(N3CCOCC3)s2)c2ccc(N3CCOCC3)s2)SC1=[N+]1CCOCC1. The molecule has 2 aromatic heterocycles. The van der Waals surface area contributed by atoms with Crippen molar-refractivity contribution in [3.63, 3.8) is 0 Å². The third kappa shape index (κ3) is 6.73. The van der Waals surface area contributed by atoms with Crippen molar-refractivity contribution in [1.29, 1.82) is 0 Å². The Morgan fingerprint density at radius 2 is 0.891 bits per heavy atom. The minimum Gasteiger partial charge on any atom is -0.378 e. The number of thiophene rings is 2. The van der Waals surface area contributed by atoms with E-state index in [1.54, 1.807) is 0 Å². The molecule has 8 nitrogen and oxygen atoms in total. The number of thioether (sulfide) groups is 2. The summed E-state index contributed by atoms with van der Waals surface area (Å²) in [6.07, 6.45) is 9.35. The Morgan fingerprint density at radius 1 is 0.500 bits per heavy atom. The largest absolute Gasteiger partial charge is 0.378 e. The zero-order valence-corrected chi connectivity index (χ0v) is 29.3. The average molecular weight is 697 g/mol. The van der Waals surface area contributed by atoms with Crippen LogP contribution in [-0.4, -0.2) is 124 Å². The first-order chi connectivity index (χ1) is 22.8. The van der Waals surface area contributed by atoms with E-state index in [-0.39, 0.29) is 0 Å². The Balaban J connectivity index is 1.26. The van der Waals surface area contributed by atoms with E-state index in [0.717, 1.165) is 105 Å². The molecule has 46 heavy (non-hydrogen) atoms. The Labute approximate surface area is 287 Å². The highest BCUT2D eigenvalue weighted by Crippen LogP contribution is 2.51. The third-order valence-electron chi connectivity index (χ3n) is 8.89. The van der Waals surface area contributed by atoms with Gasteiger partial charge in [0, 0.05) is 69.0 Å². The highest BCUT2D eigenvalue weighted by molar-refractivity contribution is 8.18. The maximum absolute atomic E-state index is 5.68. The monoisotopic (exact) mass is 696 g/mol. The van der Waals surface area contributed by atoms with Gasteiger partial charge in [-0.1, -0.05) is 0 Å². The van der Waals surface area contributed by atoms with Gasteiger partial charge in [0.1, 0.15) is 26.4 Å². The summed E-state index contributed by atoms with van der Waals surface area (Å²) in [5, 5.41) is 5.28. The second-order valence-electron chi connectivity index (χ2n) is 11.7. The lowest BCUT2D eigenvalue weighted by Gasteiger charge is -2.27. The second-order valence-corrected chi connectivity index (χ2v) is 15.9. The van der Waals surface area contributed by atoms with Gasteiger partial charge in [-0.2, -0.15) is 0 Å². The summed E-state index contributed by atoms with van der Waals surface area (Å²) in [6.45, 7) is 13.8. The molecule has 0 unspecified atom stereocenters. The van der Waals surface area contributed by atoms with Crippen molar-refractivity contribution in [3.05, 3.63) is 68.1 Å². The molecule has 242 valence electrons. The zero-order valence-electron chi connectivity index (χ0n) is 26.0. The summed E-state index contributed by atoms with van der Waals surface area (Å²) in [5.74, 6) is 0. The number of ether oxygens (including phenoxy) is 4. The molecule has 0 atom stereocenters. The summed E-state index contributed by atoms with van der Waals surface area (Å²) in [6, 6.07) is 9.35. The fraction of sp³-hybridized carbons (Fsp3) is 0.471. The maximum atomic E-state index is 5.68. The van der Waals surface area contributed by atoms with Gasteiger partial charge in [-0.15, -0.1) is 22.7 Å². The fourth-order valence-corrected chi connectivity index (χ4v) is 11.0. The first-order valence-electron chi connectivity index (χ1n) is 16.3. The quantitative estimate of drug-likeness (QED) is 0.401. The van der Waals surface area contributed by atoms with Gasteiger partial charge in [0.25, 0.3) is 0 Å². The minimum absolute atomic E-state index is 0.786. The van der Waals surface area contributed by atoms with E-state index in [4.69, 9.17) is 18.9 Å². The molecule has 8 heterocycles. The van der Waals surface area contributed by atoms with Crippen LogP contribution in [0.25, 0.3) is 11.1 Å². The van der Waals surface area contributed by atoms with Crippen LogP contribution < -0.4 is 9.80 Å². The van der Waals surface area contributed by atoms with Gasteiger partial charge in [-0.3, -0.25) is 0 Å². The minimum atomic E-state index is 0.786. The lowest BCUT2D eigenvalue weighted by atomic mass is 10.0. The molecule has 0 amide bonds. The molecule has 0 bridgehead atoms. The van der Waals surface area contributed by atoms with Crippen molar-refractivity contribution in [2.75, 3.05) is 115 Å². The van der Waals surface area contributed by atoms with Crippen LogP contribution in [0.15, 0.2) is 58.4 Å². The lowest BCUT2D eigenvalue weighted by Crippen LogP contribution is -2.35. The van der Waals surface area contributed by atoms with E-state index >= 15 is 0 Å². The van der Waals surface area contributed by atoms with Crippen molar-refractivity contribution >= 4 is 77.4 Å². The van der Waals surface area contributed by atoms with Crippen molar-refractivity contribution in [3.8, 4) is 0 Å². The van der Waals surface area contributed by atoms with Crippen LogP contribution >= 0.6 is 46.2 Å². The number of hydrogen-bond acceptors (Lipinski definition) is 10. The number of nitrogens with zero attached hydrogens (tertiary/aromatic N) is 4. The highest BCUT2D eigenvalue weighted by atomic mass is 32.2. The molecule has 0 N–H and O–H groups in total. The summed E-state index contributed by atoms with van der Waals surface area (Å²) < 4.78 is 27.7. The molecule has 0 aromatic carbocycles. The van der Waals surface area contributed by atoms with E-state index in [1.807, 2.05) is 46.2 Å². The van der Waals surface area contributed by atoms with Crippen LogP contribution in [0, 0.1) is 0 Å². The molecule has 4 fully saturated rings. The first-order valence-corrected chi connectivity index (χ1v) is 19.5. The zero-order chi connectivity index (χ0) is 30.7. The summed E-state index contributed by atoms with van der Waals surface area (Å²) in [5.41, 5.74) is 2.67. The van der Waals surface area contributed by atoms with Crippen LogP contribution in [0.2, 0.25) is 0 Å². The van der Waals surface area contributed by atoms with Crippen LogP contribution in [0.1, 0.15) is 9.75 Å². The number of hydrogen-bond donors (Lipinski definition) is 0.